The van der Waals surface area contributed by atoms with Gasteiger partial charge in [-0.2, -0.15) is 0 Å². The zero-order valence-corrected chi connectivity index (χ0v) is 10.2. The molecule has 0 atom stereocenters. The van der Waals surface area contributed by atoms with E-state index in [9.17, 15) is 4.79 Å². The fraction of sp³-hybridized carbons (Fsp3) is 0.667. The standard InChI is InChI=1S/C9H15N3O2S/c1-6(2)8-10-11-9(14-8)15-5-7(13)12(3)4/h6H,5H2,1-4H3. The van der Waals surface area contributed by atoms with Crippen molar-refractivity contribution >= 4 is 17.7 Å². The molecule has 1 aromatic rings. The Morgan fingerprint density at radius 3 is 2.60 bits per heavy atom. The van der Waals surface area contributed by atoms with Crippen molar-refractivity contribution in [1.29, 1.82) is 0 Å². The lowest BCUT2D eigenvalue weighted by Crippen LogP contribution is -2.23. The molecule has 1 rings (SSSR count). The fourth-order valence-electron chi connectivity index (χ4n) is 0.765. The van der Waals surface area contributed by atoms with E-state index in [2.05, 4.69) is 10.2 Å². The van der Waals surface area contributed by atoms with Crippen LogP contribution in [-0.2, 0) is 4.79 Å². The highest BCUT2D eigenvalue weighted by Crippen LogP contribution is 2.20. The van der Waals surface area contributed by atoms with Crippen LogP contribution in [0.15, 0.2) is 9.64 Å². The molecular formula is C9H15N3O2S. The van der Waals surface area contributed by atoms with Gasteiger partial charge >= 0.3 is 0 Å². The molecule has 1 heterocycles. The molecular weight excluding hydrogens is 214 g/mol. The zero-order chi connectivity index (χ0) is 11.4. The number of hydrogen-bond donors (Lipinski definition) is 0. The van der Waals surface area contributed by atoms with Gasteiger partial charge in [-0.1, -0.05) is 25.6 Å². The van der Waals surface area contributed by atoms with Crippen LogP contribution in [0.4, 0.5) is 0 Å². The summed E-state index contributed by atoms with van der Waals surface area (Å²) < 4.78 is 5.35. The lowest BCUT2D eigenvalue weighted by molar-refractivity contribution is -0.125. The summed E-state index contributed by atoms with van der Waals surface area (Å²) >= 11 is 1.26. The van der Waals surface area contributed by atoms with Crippen LogP contribution in [0.25, 0.3) is 0 Å². The molecule has 0 saturated carbocycles. The summed E-state index contributed by atoms with van der Waals surface area (Å²) in [6.45, 7) is 3.96. The lowest BCUT2D eigenvalue weighted by Gasteiger charge is -2.07. The van der Waals surface area contributed by atoms with Gasteiger partial charge in [-0.15, -0.1) is 10.2 Å². The first kappa shape index (κ1) is 12.0. The lowest BCUT2D eigenvalue weighted by atomic mass is 10.2. The normalized spacial score (nSPS) is 10.7. The highest BCUT2D eigenvalue weighted by molar-refractivity contribution is 7.99. The summed E-state index contributed by atoms with van der Waals surface area (Å²) in [5, 5.41) is 8.17. The number of amides is 1. The van der Waals surface area contributed by atoms with Gasteiger partial charge in [0.1, 0.15) is 0 Å². The minimum Gasteiger partial charge on any atom is -0.416 e. The highest BCUT2D eigenvalue weighted by atomic mass is 32.2. The van der Waals surface area contributed by atoms with Gasteiger partial charge in [0.25, 0.3) is 5.22 Å². The van der Waals surface area contributed by atoms with Crippen molar-refractivity contribution in [2.45, 2.75) is 25.0 Å². The molecule has 0 fully saturated rings. The quantitative estimate of drug-likeness (QED) is 0.730. The number of carbonyl (C=O) groups is 1. The number of thioether (sulfide) groups is 1. The maximum Gasteiger partial charge on any atom is 0.277 e. The summed E-state index contributed by atoms with van der Waals surface area (Å²) in [5.41, 5.74) is 0. The summed E-state index contributed by atoms with van der Waals surface area (Å²) in [6.07, 6.45) is 0. The Morgan fingerprint density at radius 1 is 1.47 bits per heavy atom. The first-order chi connectivity index (χ1) is 7.00. The summed E-state index contributed by atoms with van der Waals surface area (Å²) in [6, 6.07) is 0. The molecule has 0 spiro atoms. The predicted octanol–water partition coefficient (Wildman–Crippen LogP) is 1.37. The third kappa shape index (κ3) is 3.54. The molecule has 0 aliphatic rings. The predicted molar refractivity (Wildman–Crippen MR) is 57.8 cm³/mol. The molecule has 0 aromatic carbocycles. The number of hydrogen-bond acceptors (Lipinski definition) is 5. The molecule has 1 aromatic heterocycles. The third-order valence-corrected chi connectivity index (χ3v) is 2.54. The molecule has 0 unspecified atom stereocenters. The average molecular weight is 229 g/mol. The van der Waals surface area contributed by atoms with Gasteiger partial charge in [0.2, 0.25) is 11.8 Å². The minimum absolute atomic E-state index is 0.0318. The van der Waals surface area contributed by atoms with Gasteiger partial charge in [-0.05, 0) is 0 Å². The summed E-state index contributed by atoms with van der Waals surface area (Å²) in [7, 11) is 3.44. The molecule has 0 radical (unpaired) electrons. The molecule has 6 heteroatoms. The van der Waals surface area contributed by atoms with Gasteiger partial charge in [0, 0.05) is 20.0 Å². The maximum absolute atomic E-state index is 11.3. The zero-order valence-electron chi connectivity index (χ0n) is 9.35. The van der Waals surface area contributed by atoms with Crippen molar-refractivity contribution in [3.63, 3.8) is 0 Å². The van der Waals surface area contributed by atoms with E-state index in [4.69, 9.17) is 4.42 Å². The van der Waals surface area contributed by atoms with Crippen LogP contribution in [0, 0.1) is 0 Å². The Bertz CT molecular complexity index is 336. The van der Waals surface area contributed by atoms with E-state index in [1.54, 1.807) is 14.1 Å². The van der Waals surface area contributed by atoms with Crippen molar-refractivity contribution in [2.75, 3.05) is 19.8 Å². The number of rotatable bonds is 4. The van der Waals surface area contributed by atoms with Crippen LogP contribution in [0.3, 0.4) is 0 Å². The van der Waals surface area contributed by atoms with Crippen LogP contribution in [0.1, 0.15) is 25.7 Å². The maximum atomic E-state index is 11.3. The van der Waals surface area contributed by atoms with E-state index in [1.807, 2.05) is 13.8 Å². The molecule has 1 amide bonds. The monoisotopic (exact) mass is 229 g/mol. The Kier molecular flexibility index (Phi) is 4.14. The van der Waals surface area contributed by atoms with E-state index in [0.717, 1.165) is 0 Å². The summed E-state index contributed by atoms with van der Waals surface area (Å²) in [4.78, 5) is 12.8. The van der Waals surface area contributed by atoms with Gasteiger partial charge in [-0.3, -0.25) is 4.79 Å². The highest BCUT2D eigenvalue weighted by Gasteiger charge is 2.12. The first-order valence-electron chi connectivity index (χ1n) is 4.67. The van der Waals surface area contributed by atoms with E-state index in [1.165, 1.54) is 16.7 Å². The largest absolute Gasteiger partial charge is 0.416 e. The average Bonchev–Trinajstić information content (AvgIpc) is 2.62. The van der Waals surface area contributed by atoms with E-state index >= 15 is 0 Å². The smallest absolute Gasteiger partial charge is 0.277 e. The molecule has 0 saturated heterocycles. The van der Waals surface area contributed by atoms with Crippen molar-refractivity contribution in [3.8, 4) is 0 Å². The van der Waals surface area contributed by atoms with Crippen LogP contribution < -0.4 is 0 Å². The Labute approximate surface area is 93.2 Å². The molecule has 0 N–H and O–H groups in total. The molecule has 0 aliphatic carbocycles. The number of carbonyl (C=O) groups excluding carboxylic acids is 1. The molecule has 84 valence electrons. The van der Waals surface area contributed by atoms with Gasteiger partial charge in [-0.25, -0.2) is 0 Å². The second kappa shape index (κ2) is 5.16. The van der Waals surface area contributed by atoms with E-state index in [-0.39, 0.29) is 11.8 Å². The molecule has 5 nitrogen and oxygen atoms in total. The number of nitrogens with zero attached hydrogens (tertiary/aromatic N) is 3. The van der Waals surface area contributed by atoms with Crippen molar-refractivity contribution in [1.82, 2.24) is 15.1 Å². The number of aromatic nitrogens is 2. The van der Waals surface area contributed by atoms with E-state index < -0.39 is 0 Å². The minimum atomic E-state index is 0.0318. The van der Waals surface area contributed by atoms with Gasteiger partial charge in [0.05, 0.1) is 5.75 Å². The Hall–Kier alpha value is -1.04. The van der Waals surface area contributed by atoms with Crippen molar-refractivity contribution in [2.24, 2.45) is 0 Å². The fourth-order valence-corrected chi connectivity index (χ4v) is 1.51. The topological polar surface area (TPSA) is 59.2 Å². The van der Waals surface area contributed by atoms with Crippen molar-refractivity contribution in [3.05, 3.63) is 5.89 Å². The SMILES string of the molecule is CC(C)c1nnc(SCC(=O)N(C)C)o1. The van der Waals surface area contributed by atoms with Crippen LogP contribution in [0.5, 0.6) is 0 Å². The van der Waals surface area contributed by atoms with Gasteiger partial charge in [0.15, 0.2) is 0 Å². The molecule has 0 bridgehead atoms. The van der Waals surface area contributed by atoms with E-state index in [0.29, 0.717) is 16.9 Å². The van der Waals surface area contributed by atoms with Crippen LogP contribution in [0.2, 0.25) is 0 Å². The van der Waals surface area contributed by atoms with Crippen molar-refractivity contribution < 1.29 is 9.21 Å². The van der Waals surface area contributed by atoms with Crippen LogP contribution in [-0.4, -0.2) is 40.9 Å². The van der Waals surface area contributed by atoms with Crippen LogP contribution >= 0.6 is 11.8 Å². The molecule has 15 heavy (non-hydrogen) atoms. The second-order valence-electron chi connectivity index (χ2n) is 3.64. The second-order valence-corrected chi connectivity index (χ2v) is 4.56. The summed E-state index contributed by atoms with van der Waals surface area (Å²) in [5.74, 6) is 1.18. The first-order valence-corrected chi connectivity index (χ1v) is 5.65. The third-order valence-electron chi connectivity index (χ3n) is 1.73. The van der Waals surface area contributed by atoms with Gasteiger partial charge < -0.3 is 9.32 Å². The molecule has 0 aliphatic heterocycles. The Balaban J connectivity index is 2.48. The Morgan fingerprint density at radius 2 is 2.13 bits per heavy atom.